The van der Waals surface area contributed by atoms with E-state index in [9.17, 15) is 4.39 Å². The maximum absolute atomic E-state index is 13.0. The number of nitrogens with zero attached hydrogens (tertiary/aromatic N) is 3. The van der Waals surface area contributed by atoms with Gasteiger partial charge in [0.25, 0.3) is 0 Å². The molecule has 22 heavy (non-hydrogen) atoms. The Balaban J connectivity index is 1.99. The van der Waals surface area contributed by atoms with Crippen LogP contribution in [0.5, 0.6) is 0 Å². The average molecular weight is 296 g/mol. The minimum absolute atomic E-state index is 0.0205. The van der Waals surface area contributed by atoms with Crippen LogP contribution in [0.15, 0.2) is 54.7 Å². The molecule has 0 saturated heterocycles. The van der Waals surface area contributed by atoms with Gasteiger partial charge in [-0.25, -0.2) is 4.39 Å². The topological polar surface area (TPSA) is 56.7 Å². The molecule has 0 aliphatic heterocycles. The van der Waals surface area contributed by atoms with E-state index in [2.05, 4.69) is 10.1 Å². The van der Waals surface area contributed by atoms with E-state index >= 15 is 0 Å². The zero-order valence-corrected chi connectivity index (χ0v) is 12.3. The Labute approximate surface area is 128 Å². The van der Waals surface area contributed by atoms with Crippen LogP contribution < -0.4 is 5.73 Å². The number of hydrogen-bond donors (Lipinski definition) is 1. The van der Waals surface area contributed by atoms with Crippen molar-refractivity contribution in [3.05, 3.63) is 71.9 Å². The average Bonchev–Trinajstić information content (AvgIpc) is 2.92. The van der Waals surface area contributed by atoms with Gasteiger partial charge in [-0.2, -0.15) is 5.10 Å². The number of benzene rings is 1. The van der Waals surface area contributed by atoms with E-state index in [0.717, 1.165) is 22.6 Å². The normalized spacial score (nSPS) is 12.3. The molecule has 4 nitrogen and oxygen atoms in total. The van der Waals surface area contributed by atoms with Crippen molar-refractivity contribution in [1.29, 1.82) is 0 Å². The van der Waals surface area contributed by atoms with Gasteiger partial charge in [-0.1, -0.05) is 6.07 Å². The number of halogens is 1. The van der Waals surface area contributed by atoms with Gasteiger partial charge in [0.1, 0.15) is 5.82 Å². The molecule has 0 radical (unpaired) electrons. The van der Waals surface area contributed by atoms with Crippen LogP contribution in [0, 0.1) is 5.82 Å². The Morgan fingerprint density at radius 1 is 1.18 bits per heavy atom. The summed E-state index contributed by atoms with van der Waals surface area (Å²) in [7, 11) is 1.88. The second kappa shape index (κ2) is 6.07. The summed E-state index contributed by atoms with van der Waals surface area (Å²) in [4.78, 5) is 4.39. The molecule has 112 valence electrons. The van der Waals surface area contributed by atoms with Crippen molar-refractivity contribution < 1.29 is 4.39 Å². The summed E-state index contributed by atoms with van der Waals surface area (Å²) < 4.78 is 14.9. The van der Waals surface area contributed by atoms with Gasteiger partial charge in [-0.05, 0) is 42.5 Å². The van der Waals surface area contributed by atoms with Crippen LogP contribution in [0.3, 0.4) is 0 Å². The molecular weight excluding hydrogens is 279 g/mol. The van der Waals surface area contributed by atoms with Crippen molar-refractivity contribution in [2.24, 2.45) is 12.8 Å². The number of aromatic nitrogens is 3. The third kappa shape index (κ3) is 2.76. The fourth-order valence-corrected chi connectivity index (χ4v) is 2.54. The highest BCUT2D eigenvalue weighted by Gasteiger charge is 2.19. The van der Waals surface area contributed by atoms with Gasteiger partial charge in [-0.3, -0.25) is 9.67 Å². The number of pyridine rings is 1. The van der Waals surface area contributed by atoms with E-state index in [0.29, 0.717) is 6.54 Å². The standard InChI is InChI=1S/C17H17FN4/c1-22-17(14(11-19)15-4-2-3-9-20-15)10-16(21-22)12-5-7-13(18)8-6-12/h2-10,14H,11,19H2,1H3. The van der Waals surface area contributed by atoms with Crippen molar-refractivity contribution in [2.75, 3.05) is 6.54 Å². The summed E-state index contributed by atoms with van der Waals surface area (Å²) in [6, 6.07) is 14.1. The quantitative estimate of drug-likeness (QED) is 0.805. The lowest BCUT2D eigenvalue weighted by Crippen LogP contribution is -2.18. The molecule has 0 bridgehead atoms. The number of nitrogens with two attached hydrogens (primary N) is 1. The third-order valence-corrected chi connectivity index (χ3v) is 3.69. The van der Waals surface area contributed by atoms with Crippen LogP contribution in [-0.2, 0) is 7.05 Å². The molecule has 1 unspecified atom stereocenters. The molecule has 1 atom stereocenters. The smallest absolute Gasteiger partial charge is 0.123 e. The van der Waals surface area contributed by atoms with Crippen LogP contribution >= 0.6 is 0 Å². The van der Waals surface area contributed by atoms with Crippen molar-refractivity contribution in [3.63, 3.8) is 0 Å². The second-order valence-corrected chi connectivity index (χ2v) is 5.13. The molecular formula is C17H17FN4. The molecule has 2 aromatic heterocycles. The first-order chi connectivity index (χ1) is 10.7. The summed E-state index contributed by atoms with van der Waals surface area (Å²) in [5, 5.41) is 4.52. The van der Waals surface area contributed by atoms with Crippen molar-refractivity contribution in [1.82, 2.24) is 14.8 Å². The van der Waals surface area contributed by atoms with Gasteiger partial charge < -0.3 is 5.73 Å². The van der Waals surface area contributed by atoms with E-state index in [-0.39, 0.29) is 11.7 Å². The highest BCUT2D eigenvalue weighted by Crippen LogP contribution is 2.26. The second-order valence-electron chi connectivity index (χ2n) is 5.13. The lowest BCUT2D eigenvalue weighted by Gasteiger charge is -2.14. The predicted molar refractivity (Wildman–Crippen MR) is 83.7 cm³/mol. The van der Waals surface area contributed by atoms with E-state index < -0.39 is 0 Å². The molecule has 0 aliphatic carbocycles. The van der Waals surface area contributed by atoms with Crippen LogP contribution in [-0.4, -0.2) is 21.3 Å². The Morgan fingerprint density at radius 3 is 2.59 bits per heavy atom. The van der Waals surface area contributed by atoms with Crippen LogP contribution in [0.2, 0.25) is 0 Å². The van der Waals surface area contributed by atoms with Gasteiger partial charge in [0.15, 0.2) is 0 Å². The highest BCUT2D eigenvalue weighted by molar-refractivity contribution is 5.59. The highest BCUT2D eigenvalue weighted by atomic mass is 19.1. The van der Waals surface area contributed by atoms with Gasteiger partial charge >= 0.3 is 0 Å². The van der Waals surface area contributed by atoms with Crippen LogP contribution in [0.4, 0.5) is 4.39 Å². The Bertz CT molecular complexity index is 750. The Kier molecular flexibility index (Phi) is 3.98. The molecule has 0 saturated carbocycles. The van der Waals surface area contributed by atoms with Crippen molar-refractivity contribution in [2.45, 2.75) is 5.92 Å². The molecule has 3 aromatic rings. The number of aryl methyl sites for hydroxylation is 1. The van der Waals surface area contributed by atoms with E-state index in [1.165, 1.54) is 12.1 Å². The fourth-order valence-electron chi connectivity index (χ4n) is 2.54. The first-order valence-electron chi connectivity index (χ1n) is 7.10. The molecule has 0 fully saturated rings. The van der Waals surface area contributed by atoms with Crippen LogP contribution in [0.1, 0.15) is 17.3 Å². The fraction of sp³-hybridized carbons (Fsp3) is 0.176. The zero-order valence-electron chi connectivity index (χ0n) is 12.3. The minimum atomic E-state index is -0.256. The molecule has 0 spiro atoms. The van der Waals surface area contributed by atoms with Crippen LogP contribution in [0.25, 0.3) is 11.3 Å². The van der Waals surface area contributed by atoms with Gasteiger partial charge in [0.2, 0.25) is 0 Å². The summed E-state index contributed by atoms with van der Waals surface area (Å²) in [5.41, 5.74) is 9.52. The van der Waals surface area contributed by atoms with Crippen molar-refractivity contribution >= 4 is 0 Å². The Morgan fingerprint density at radius 2 is 1.95 bits per heavy atom. The summed E-state index contributed by atoms with van der Waals surface area (Å²) in [6.07, 6.45) is 1.76. The molecule has 2 heterocycles. The summed E-state index contributed by atoms with van der Waals surface area (Å²) >= 11 is 0. The lowest BCUT2D eigenvalue weighted by molar-refractivity contribution is 0.628. The first kappa shape index (κ1) is 14.4. The third-order valence-electron chi connectivity index (χ3n) is 3.69. The predicted octanol–water partition coefficient (Wildman–Crippen LogP) is 2.71. The first-order valence-corrected chi connectivity index (χ1v) is 7.10. The summed E-state index contributed by atoms with van der Waals surface area (Å²) in [5.74, 6) is -0.277. The molecule has 0 amide bonds. The summed E-state index contributed by atoms with van der Waals surface area (Å²) in [6.45, 7) is 0.444. The van der Waals surface area contributed by atoms with Gasteiger partial charge in [0, 0.05) is 31.0 Å². The molecule has 5 heteroatoms. The minimum Gasteiger partial charge on any atom is -0.329 e. The zero-order chi connectivity index (χ0) is 15.5. The maximum Gasteiger partial charge on any atom is 0.123 e. The number of rotatable bonds is 4. The molecule has 0 aliphatic rings. The van der Waals surface area contributed by atoms with Gasteiger partial charge in [0.05, 0.1) is 17.3 Å². The van der Waals surface area contributed by atoms with E-state index in [1.807, 2.05) is 36.0 Å². The Hall–Kier alpha value is -2.53. The molecule has 2 N–H and O–H groups in total. The molecule has 1 aromatic carbocycles. The van der Waals surface area contributed by atoms with E-state index in [4.69, 9.17) is 5.73 Å². The van der Waals surface area contributed by atoms with E-state index in [1.54, 1.807) is 18.3 Å². The monoisotopic (exact) mass is 296 g/mol. The molecule has 3 rings (SSSR count). The lowest BCUT2D eigenvalue weighted by atomic mass is 9.99. The number of hydrogen-bond acceptors (Lipinski definition) is 3. The largest absolute Gasteiger partial charge is 0.329 e. The maximum atomic E-state index is 13.0. The van der Waals surface area contributed by atoms with Gasteiger partial charge in [-0.15, -0.1) is 0 Å². The van der Waals surface area contributed by atoms with Crippen molar-refractivity contribution in [3.8, 4) is 11.3 Å². The SMILES string of the molecule is Cn1nc(-c2ccc(F)cc2)cc1C(CN)c1ccccn1.